The van der Waals surface area contributed by atoms with Crippen molar-refractivity contribution in [3.8, 4) is 5.75 Å². The summed E-state index contributed by atoms with van der Waals surface area (Å²) < 4.78 is 7.54. The number of hydrogen-bond donors (Lipinski definition) is 1. The SMILES string of the molecule is CC1Cc2cc(NC(=O)Cn3cnc4ccsc4c3=O)ccc2O1. The lowest BCUT2D eigenvalue weighted by atomic mass is 10.1. The van der Waals surface area contributed by atoms with Crippen molar-refractivity contribution in [2.24, 2.45) is 0 Å². The van der Waals surface area contributed by atoms with Crippen molar-refractivity contribution in [1.82, 2.24) is 9.55 Å². The van der Waals surface area contributed by atoms with Crippen molar-refractivity contribution >= 4 is 33.1 Å². The number of carbonyl (C=O) groups excluding carboxylic acids is 1. The van der Waals surface area contributed by atoms with E-state index in [1.165, 1.54) is 22.2 Å². The lowest BCUT2D eigenvalue weighted by Crippen LogP contribution is -2.27. The fraction of sp³-hybridized carbons (Fsp3) is 0.235. The first-order valence-electron chi connectivity index (χ1n) is 7.62. The van der Waals surface area contributed by atoms with Crippen molar-refractivity contribution in [2.75, 3.05) is 5.32 Å². The van der Waals surface area contributed by atoms with Gasteiger partial charge in [-0.1, -0.05) is 0 Å². The number of rotatable bonds is 3. The number of nitrogens with zero attached hydrogens (tertiary/aromatic N) is 2. The van der Waals surface area contributed by atoms with Crippen LogP contribution >= 0.6 is 11.3 Å². The van der Waals surface area contributed by atoms with E-state index in [9.17, 15) is 9.59 Å². The Bertz CT molecular complexity index is 992. The Morgan fingerprint density at radius 2 is 2.33 bits per heavy atom. The molecular formula is C17H15N3O3S. The van der Waals surface area contributed by atoms with E-state index in [1.54, 1.807) is 12.1 Å². The molecule has 3 heterocycles. The molecule has 3 aromatic rings. The zero-order valence-corrected chi connectivity index (χ0v) is 13.8. The van der Waals surface area contributed by atoms with Crippen LogP contribution in [0.15, 0.2) is 40.8 Å². The van der Waals surface area contributed by atoms with Gasteiger partial charge < -0.3 is 10.1 Å². The average molecular weight is 341 g/mol. The van der Waals surface area contributed by atoms with Crippen LogP contribution in [0.3, 0.4) is 0 Å². The minimum absolute atomic E-state index is 0.0658. The van der Waals surface area contributed by atoms with Gasteiger partial charge in [-0.25, -0.2) is 4.98 Å². The topological polar surface area (TPSA) is 73.2 Å². The zero-order chi connectivity index (χ0) is 16.7. The summed E-state index contributed by atoms with van der Waals surface area (Å²) in [6, 6.07) is 7.37. The van der Waals surface area contributed by atoms with Gasteiger partial charge >= 0.3 is 0 Å². The second-order valence-corrected chi connectivity index (χ2v) is 6.73. The predicted octanol–water partition coefficient (Wildman–Crippen LogP) is 2.42. The van der Waals surface area contributed by atoms with Crippen LogP contribution in [0.4, 0.5) is 5.69 Å². The highest BCUT2D eigenvalue weighted by Crippen LogP contribution is 2.30. The molecule has 0 spiro atoms. The summed E-state index contributed by atoms with van der Waals surface area (Å²) in [6.07, 6.45) is 2.40. The van der Waals surface area contributed by atoms with E-state index >= 15 is 0 Å². The summed E-state index contributed by atoms with van der Waals surface area (Å²) in [5.41, 5.74) is 2.25. The molecule has 122 valence electrons. The maximum Gasteiger partial charge on any atom is 0.271 e. The molecule has 2 aromatic heterocycles. The van der Waals surface area contributed by atoms with Crippen molar-refractivity contribution in [1.29, 1.82) is 0 Å². The standard InChI is InChI=1S/C17H15N3O3S/c1-10-6-11-7-12(2-3-14(11)23-10)19-15(21)8-20-9-18-13-4-5-24-16(13)17(20)22/h2-5,7,9-10H,6,8H2,1H3,(H,19,21). The second-order valence-electron chi connectivity index (χ2n) is 5.82. The molecule has 0 saturated carbocycles. The zero-order valence-electron chi connectivity index (χ0n) is 13.0. The van der Waals surface area contributed by atoms with Gasteiger partial charge in [0.2, 0.25) is 5.91 Å². The van der Waals surface area contributed by atoms with Gasteiger partial charge in [0.15, 0.2) is 0 Å². The van der Waals surface area contributed by atoms with E-state index in [1.807, 2.05) is 24.4 Å². The van der Waals surface area contributed by atoms with Gasteiger partial charge in [-0.05, 0) is 42.1 Å². The largest absolute Gasteiger partial charge is 0.490 e. The molecule has 0 saturated heterocycles. The Balaban J connectivity index is 1.51. The lowest BCUT2D eigenvalue weighted by Gasteiger charge is -2.08. The Morgan fingerprint density at radius 3 is 3.21 bits per heavy atom. The number of ether oxygens (including phenoxy) is 1. The molecule has 0 radical (unpaired) electrons. The van der Waals surface area contributed by atoms with Crippen LogP contribution in [0.25, 0.3) is 10.2 Å². The summed E-state index contributed by atoms with van der Waals surface area (Å²) in [6.45, 7) is 1.95. The van der Waals surface area contributed by atoms with Crippen LogP contribution in [0.2, 0.25) is 0 Å². The molecule has 1 N–H and O–H groups in total. The summed E-state index contributed by atoms with van der Waals surface area (Å²) in [5, 5.41) is 4.64. The second kappa shape index (κ2) is 5.76. The number of aromatic nitrogens is 2. The average Bonchev–Trinajstić information content (AvgIpc) is 3.15. The molecule has 1 amide bonds. The van der Waals surface area contributed by atoms with Crippen molar-refractivity contribution in [2.45, 2.75) is 26.0 Å². The van der Waals surface area contributed by atoms with Gasteiger partial charge in [0.1, 0.15) is 23.1 Å². The number of amides is 1. The number of benzene rings is 1. The Labute approximate surface area is 141 Å². The lowest BCUT2D eigenvalue weighted by molar-refractivity contribution is -0.116. The van der Waals surface area contributed by atoms with E-state index in [0.717, 1.165) is 17.7 Å². The number of carbonyl (C=O) groups is 1. The Morgan fingerprint density at radius 1 is 1.46 bits per heavy atom. The monoisotopic (exact) mass is 341 g/mol. The van der Waals surface area contributed by atoms with Crippen LogP contribution in [0.5, 0.6) is 5.75 Å². The summed E-state index contributed by atoms with van der Waals surface area (Å²) in [5.74, 6) is 0.603. The molecule has 24 heavy (non-hydrogen) atoms. The fourth-order valence-electron chi connectivity index (χ4n) is 2.85. The van der Waals surface area contributed by atoms with Gasteiger partial charge in [-0.3, -0.25) is 14.2 Å². The first-order chi connectivity index (χ1) is 11.6. The third kappa shape index (κ3) is 2.67. The molecule has 1 aromatic carbocycles. The van der Waals surface area contributed by atoms with Crippen LogP contribution < -0.4 is 15.6 Å². The molecule has 0 aliphatic carbocycles. The molecular weight excluding hydrogens is 326 g/mol. The van der Waals surface area contributed by atoms with Gasteiger partial charge in [0, 0.05) is 12.1 Å². The smallest absolute Gasteiger partial charge is 0.271 e. The number of nitrogens with one attached hydrogen (secondary N) is 1. The predicted molar refractivity (Wildman–Crippen MR) is 92.7 cm³/mol. The molecule has 7 heteroatoms. The van der Waals surface area contributed by atoms with E-state index < -0.39 is 0 Å². The van der Waals surface area contributed by atoms with E-state index in [4.69, 9.17) is 4.74 Å². The number of hydrogen-bond acceptors (Lipinski definition) is 5. The first kappa shape index (κ1) is 14.9. The van der Waals surface area contributed by atoms with Gasteiger partial charge in [-0.2, -0.15) is 0 Å². The third-order valence-corrected chi connectivity index (χ3v) is 4.82. The third-order valence-electron chi connectivity index (χ3n) is 3.93. The summed E-state index contributed by atoms with van der Waals surface area (Å²) >= 11 is 1.33. The van der Waals surface area contributed by atoms with Gasteiger partial charge in [-0.15, -0.1) is 11.3 Å². The van der Waals surface area contributed by atoms with Crippen molar-refractivity contribution in [3.05, 3.63) is 51.9 Å². The summed E-state index contributed by atoms with van der Waals surface area (Å²) in [7, 11) is 0. The van der Waals surface area contributed by atoms with Crippen LogP contribution in [0, 0.1) is 0 Å². The molecule has 1 unspecified atom stereocenters. The van der Waals surface area contributed by atoms with Crippen LogP contribution in [-0.2, 0) is 17.8 Å². The highest BCUT2D eigenvalue weighted by molar-refractivity contribution is 7.17. The van der Waals surface area contributed by atoms with Crippen LogP contribution in [-0.4, -0.2) is 21.6 Å². The number of anilines is 1. The van der Waals surface area contributed by atoms with E-state index in [-0.39, 0.29) is 24.1 Å². The molecule has 6 nitrogen and oxygen atoms in total. The summed E-state index contributed by atoms with van der Waals surface area (Å²) in [4.78, 5) is 28.7. The minimum atomic E-state index is -0.262. The number of fused-ring (bicyclic) bond motifs is 2. The van der Waals surface area contributed by atoms with Crippen LogP contribution in [0.1, 0.15) is 12.5 Å². The van der Waals surface area contributed by atoms with E-state index in [2.05, 4.69) is 10.3 Å². The highest BCUT2D eigenvalue weighted by atomic mass is 32.1. The minimum Gasteiger partial charge on any atom is -0.490 e. The van der Waals surface area contributed by atoms with Gasteiger partial charge in [0.05, 0.1) is 11.8 Å². The van der Waals surface area contributed by atoms with Crippen molar-refractivity contribution in [3.63, 3.8) is 0 Å². The molecule has 1 aliphatic heterocycles. The molecule has 1 aliphatic rings. The number of thiophene rings is 1. The molecule has 4 rings (SSSR count). The molecule has 0 bridgehead atoms. The van der Waals surface area contributed by atoms with E-state index in [0.29, 0.717) is 15.9 Å². The van der Waals surface area contributed by atoms with Gasteiger partial charge in [0.25, 0.3) is 5.56 Å². The Kier molecular flexibility index (Phi) is 3.57. The maximum absolute atomic E-state index is 12.3. The van der Waals surface area contributed by atoms with Crippen molar-refractivity contribution < 1.29 is 9.53 Å². The molecule has 0 fully saturated rings. The quantitative estimate of drug-likeness (QED) is 0.794. The maximum atomic E-state index is 12.3. The normalized spacial score (nSPS) is 16.0. The first-order valence-corrected chi connectivity index (χ1v) is 8.50. The molecule has 1 atom stereocenters. The highest BCUT2D eigenvalue weighted by Gasteiger charge is 2.19. The Hall–Kier alpha value is -2.67. The fourth-order valence-corrected chi connectivity index (χ4v) is 3.64.